The van der Waals surface area contributed by atoms with Gasteiger partial charge in [0.05, 0.1) is 12.4 Å². The molecule has 4 aliphatic rings. The second-order valence-electron chi connectivity index (χ2n) is 10.7. The van der Waals surface area contributed by atoms with Gasteiger partial charge in [-0.1, -0.05) is 45.1 Å². The molecule has 30 heavy (non-hydrogen) atoms. The number of nitrogens with zero attached hydrogens (tertiary/aromatic N) is 2. The van der Waals surface area contributed by atoms with Crippen molar-refractivity contribution in [2.45, 2.75) is 91.7 Å². The summed E-state index contributed by atoms with van der Waals surface area (Å²) in [6, 6.07) is 0. The lowest BCUT2D eigenvalue weighted by Crippen LogP contribution is -2.49. The molecule has 0 amide bonds. The fourth-order valence-electron chi connectivity index (χ4n) is 7.64. The Morgan fingerprint density at radius 3 is 2.70 bits per heavy atom. The van der Waals surface area contributed by atoms with E-state index in [1.807, 2.05) is 18.7 Å². The Kier molecular flexibility index (Phi) is 6.05. The molecule has 0 aliphatic heterocycles. The Hall–Kier alpha value is -1.35. The fraction of sp³-hybridized carbons (Fsp3) is 0.741. The molecule has 4 aliphatic carbocycles. The summed E-state index contributed by atoms with van der Waals surface area (Å²) in [5.41, 5.74) is 4.14. The molecule has 6 atom stereocenters. The molecular weight excluding hydrogens is 368 g/mol. The third kappa shape index (κ3) is 3.51. The first-order chi connectivity index (χ1) is 14.0. The van der Waals surface area contributed by atoms with Gasteiger partial charge in [0.1, 0.15) is 0 Å². The van der Waals surface area contributed by atoms with Crippen LogP contribution in [0.5, 0.6) is 0 Å². The second kappa shape index (κ2) is 8.30. The van der Waals surface area contributed by atoms with E-state index in [4.69, 9.17) is 4.74 Å². The van der Waals surface area contributed by atoms with Gasteiger partial charge in [-0.25, -0.2) is 4.98 Å². The average molecular weight is 411 g/mol. The number of imidazole rings is 1. The van der Waals surface area contributed by atoms with E-state index in [1.165, 1.54) is 51.4 Å². The predicted molar refractivity (Wildman–Crippen MR) is 124 cm³/mol. The van der Waals surface area contributed by atoms with Gasteiger partial charge in [-0.3, -0.25) is 0 Å². The van der Waals surface area contributed by atoms with Gasteiger partial charge < -0.3 is 9.30 Å². The fourth-order valence-corrected chi connectivity index (χ4v) is 7.64. The van der Waals surface area contributed by atoms with Crippen molar-refractivity contribution < 1.29 is 4.74 Å². The van der Waals surface area contributed by atoms with E-state index in [9.17, 15) is 0 Å². The molecular formula is C27H42N2O. The summed E-state index contributed by atoms with van der Waals surface area (Å²) in [6.07, 6.45) is 20.3. The first-order valence-corrected chi connectivity index (χ1v) is 12.0. The number of rotatable bonds is 5. The van der Waals surface area contributed by atoms with Crippen LogP contribution in [0.2, 0.25) is 0 Å². The van der Waals surface area contributed by atoms with E-state index in [-0.39, 0.29) is 7.43 Å². The highest BCUT2D eigenvalue weighted by molar-refractivity contribution is 5.28. The average Bonchev–Trinajstić information content (AvgIpc) is 3.33. The SMILES string of the molecule is C.C=C1CCC2C3CCC4=C[C@@H](OCCCn5ccnc5)CC[C@]4(C)C3CC[C@]12C. The van der Waals surface area contributed by atoms with Crippen molar-refractivity contribution in [2.75, 3.05) is 6.61 Å². The number of fused-ring (bicyclic) bond motifs is 5. The predicted octanol–water partition coefficient (Wildman–Crippen LogP) is 6.81. The zero-order chi connectivity index (χ0) is 20.1. The quantitative estimate of drug-likeness (QED) is 0.393. The van der Waals surface area contributed by atoms with Gasteiger partial charge in [-0.15, -0.1) is 0 Å². The number of hydrogen-bond acceptors (Lipinski definition) is 2. The molecule has 3 heteroatoms. The Morgan fingerprint density at radius 2 is 1.90 bits per heavy atom. The normalized spacial score (nSPS) is 40.1. The van der Waals surface area contributed by atoms with Crippen LogP contribution in [0, 0.1) is 28.6 Å². The number of aromatic nitrogens is 2. The molecule has 1 aromatic rings. The van der Waals surface area contributed by atoms with Crippen molar-refractivity contribution in [1.82, 2.24) is 9.55 Å². The summed E-state index contributed by atoms with van der Waals surface area (Å²) in [4.78, 5) is 4.11. The zero-order valence-electron chi connectivity index (χ0n) is 18.4. The van der Waals surface area contributed by atoms with Crippen molar-refractivity contribution in [3.05, 3.63) is 42.5 Å². The summed E-state index contributed by atoms with van der Waals surface area (Å²) in [7, 11) is 0. The molecule has 3 nitrogen and oxygen atoms in total. The highest BCUT2D eigenvalue weighted by Gasteiger charge is 2.57. The van der Waals surface area contributed by atoms with E-state index in [2.05, 4.69) is 36.1 Å². The van der Waals surface area contributed by atoms with Gasteiger partial charge in [-0.2, -0.15) is 0 Å². The van der Waals surface area contributed by atoms with Crippen LogP contribution in [0.4, 0.5) is 0 Å². The van der Waals surface area contributed by atoms with Crippen molar-refractivity contribution in [3.8, 4) is 0 Å². The first kappa shape index (κ1) is 21.9. The standard InChI is InChI=1S/C26H38N2O.CH4/c1-19-5-8-23-22-7-6-20-17-21(29-16-4-14-28-15-13-27-18-28)9-11-26(20,3)24(22)10-12-25(19,23)2;/h13,15,17-18,21-24H,1,4-12,14,16H2,2-3H3;1H4/t21-,22?,23?,24?,25+,26-;/m0./s1. The van der Waals surface area contributed by atoms with Gasteiger partial charge >= 0.3 is 0 Å². The topological polar surface area (TPSA) is 27.1 Å². The molecule has 3 fully saturated rings. The van der Waals surface area contributed by atoms with E-state index >= 15 is 0 Å². The maximum absolute atomic E-state index is 6.29. The Balaban J connectivity index is 0.00000218. The number of hydrogen-bond donors (Lipinski definition) is 0. The third-order valence-corrected chi connectivity index (χ3v) is 9.48. The summed E-state index contributed by atoms with van der Waals surface area (Å²) in [6.45, 7) is 11.4. The molecule has 3 saturated carbocycles. The first-order valence-electron chi connectivity index (χ1n) is 12.0. The molecule has 3 unspecified atom stereocenters. The lowest BCUT2D eigenvalue weighted by molar-refractivity contribution is -0.0370. The van der Waals surface area contributed by atoms with Gasteiger partial charge in [0, 0.05) is 25.5 Å². The van der Waals surface area contributed by atoms with E-state index < -0.39 is 0 Å². The Labute approximate surface area is 184 Å². The highest BCUT2D eigenvalue weighted by atomic mass is 16.5. The van der Waals surface area contributed by atoms with Gasteiger partial charge in [-0.05, 0) is 86.4 Å². The van der Waals surface area contributed by atoms with Crippen molar-refractivity contribution in [1.29, 1.82) is 0 Å². The van der Waals surface area contributed by atoms with Crippen LogP contribution in [0.3, 0.4) is 0 Å². The van der Waals surface area contributed by atoms with E-state index in [1.54, 1.807) is 11.1 Å². The molecule has 0 bridgehead atoms. The summed E-state index contributed by atoms with van der Waals surface area (Å²) in [5, 5.41) is 0. The largest absolute Gasteiger partial charge is 0.374 e. The summed E-state index contributed by atoms with van der Waals surface area (Å²) >= 11 is 0. The van der Waals surface area contributed by atoms with Crippen LogP contribution in [-0.4, -0.2) is 22.3 Å². The van der Waals surface area contributed by atoms with Gasteiger partial charge in [0.25, 0.3) is 0 Å². The van der Waals surface area contributed by atoms with Crippen molar-refractivity contribution in [2.24, 2.45) is 28.6 Å². The lowest BCUT2D eigenvalue weighted by Gasteiger charge is -2.58. The second-order valence-corrected chi connectivity index (χ2v) is 10.7. The molecule has 5 rings (SSSR count). The molecule has 0 spiro atoms. The maximum Gasteiger partial charge on any atom is 0.0945 e. The third-order valence-electron chi connectivity index (χ3n) is 9.48. The van der Waals surface area contributed by atoms with Crippen LogP contribution < -0.4 is 0 Å². The number of allylic oxidation sites excluding steroid dienone is 2. The van der Waals surface area contributed by atoms with E-state index in [0.29, 0.717) is 16.9 Å². The molecule has 0 saturated heterocycles. The Morgan fingerprint density at radius 1 is 1.10 bits per heavy atom. The lowest BCUT2D eigenvalue weighted by atomic mass is 9.47. The molecule has 0 aromatic carbocycles. The Bertz CT molecular complexity index is 781. The van der Waals surface area contributed by atoms with Crippen LogP contribution in [-0.2, 0) is 11.3 Å². The minimum absolute atomic E-state index is 0. The highest BCUT2D eigenvalue weighted by Crippen LogP contribution is 2.66. The molecule has 1 aromatic heterocycles. The minimum Gasteiger partial charge on any atom is -0.374 e. The molecule has 166 valence electrons. The molecule has 0 N–H and O–H groups in total. The maximum atomic E-state index is 6.29. The van der Waals surface area contributed by atoms with Crippen LogP contribution in [0.1, 0.15) is 79.1 Å². The number of aryl methyl sites for hydroxylation is 1. The summed E-state index contributed by atoms with van der Waals surface area (Å²) in [5.74, 6) is 2.70. The van der Waals surface area contributed by atoms with Crippen molar-refractivity contribution >= 4 is 0 Å². The smallest absolute Gasteiger partial charge is 0.0945 e. The minimum atomic E-state index is 0. The van der Waals surface area contributed by atoms with Gasteiger partial charge in [0.15, 0.2) is 0 Å². The summed E-state index contributed by atoms with van der Waals surface area (Å²) < 4.78 is 8.42. The molecule has 1 heterocycles. The van der Waals surface area contributed by atoms with Crippen LogP contribution in [0.15, 0.2) is 42.5 Å². The van der Waals surface area contributed by atoms with Crippen molar-refractivity contribution in [3.63, 3.8) is 0 Å². The monoisotopic (exact) mass is 410 g/mol. The number of ether oxygens (including phenoxy) is 1. The van der Waals surface area contributed by atoms with E-state index in [0.717, 1.165) is 37.3 Å². The zero-order valence-corrected chi connectivity index (χ0v) is 18.4. The van der Waals surface area contributed by atoms with Gasteiger partial charge in [0.2, 0.25) is 0 Å². The van der Waals surface area contributed by atoms with Crippen LogP contribution in [0.25, 0.3) is 0 Å². The van der Waals surface area contributed by atoms with Crippen LogP contribution >= 0.6 is 0 Å². The molecule has 0 radical (unpaired) electrons.